The number of rotatable bonds is 2. The lowest BCUT2D eigenvalue weighted by atomic mass is 10.1. The van der Waals surface area contributed by atoms with Crippen LogP contribution in [0.4, 0.5) is 4.79 Å². The van der Waals surface area contributed by atoms with Crippen molar-refractivity contribution < 1.29 is 9.53 Å². The molecule has 0 saturated carbocycles. The Hall–Kier alpha value is -1.04. The molecule has 0 saturated heterocycles. The number of fused-ring (bicyclic) bond motifs is 1. The molecule has 0 radical (unpaired) electrons. The molecule has 15 heavy (non-hydrogen) atoms. The van der Waals surface area contributed by atoms with E-state index in [0.29, 0.717) is 0 Å². The van der Waals surface area contributed by atoms with Crippen LogP contribution in [0.5, 0.6) is 0 Å². The van der Waals surface area contributed by atoms with Crippen LogP contribution in [0.3, 0.4) is 0 Å². The molecule has 3 nitrogen and oxygen atoms in total. The summed E-state index contributed by atoms with van der Waals surface area (Å²) in [5.74, 6) is 0. The lowest BCUT2D eigenvalue weighted by Gasteiger charge is -2.09. The largest absolute Gasteiger partial charge is 0.450 e. The van der Waals surface area contributed by atoms with Gasteiger partial charge in [-0.3, -0.25) is 0 Å². The highest BCUT2D eigenvalue weighted by molar-refractivity contribution is 14.1. The Morgan fingerprint density at radius 1 is 1.47 bits per heavy atom. The number of H-pyrrole nitrogens is 1. The van der Waals surface area contributed by atoms with Crippen LogP contribution >= 0.6 is 22.6 Å². The molecule has 78 valence electrons. The first-order valence-corrected chi connectivity index (χ1v) is 5.68. The second kappa shape index (κ2) is 4.22. The quantitative estimate of drug-likeness (QED) is 0.676. The molecule has 0 spiro atoms. The summed E-state index contributed by atoms with van der Waals surface area (Å²) in [6, 6.07) is 7.95. The number of benzene rings is 1. The third-order valence-corrected chi connectivity index (χ3v) is 2.58. The summed E-state index contributed by atoms with van der Waals surface area (Å²) >= 11 is 1.63. The van der Waals surface area contributed by atoms with Crippen molar-refractivity contribution in [2.75, 3.05) is 0 Å². The summed E-state index contributed by atoms with van der Waals surface area (Å²) in [6.07, 6.45) is 1.67. The first kappa shape index (κ1) is 10.5. The summed E-state index contributed by atoms with van der Waals surface area (Å²) in [5.41, 5.74) is 2.07. The molecular weight excluding hydrogens is 305 g/mol. The molecule has 0 fully saturated rings. The van der Waals surface area contributed by atoms with Crippen molar-refractivity contribution in [1.82, 2.24) is 4.98 Å². The molecule has 0 bridgehead atoms. The number of nitrogens with one attached hydrogen (secondary N) is 1. The number of carbonyl (C=O) groups is 1. The van der Waals surface area contributed by atoms with Crippen LogP contribution in [0.25, 0.3) is 10.9 Å². The summed E-state index contributed by atoms with van der Waals surface area (Å²) in [7, 11) is 0. The van der Waals surface area contributed by atoms with Crippen LogP contribution in [0.15, 0.2) is 30.5 Å². The lowest BCUT2D eigenvalue weighted by Crippen LogP contribution is -2.00. The summed E-state index contributed by atoms with van der Waals surface area (Å²) in [4.78, 5) is 14.0. The second-order valence-corrected chi connectivity index (χ2v) is 4.17. The smallest absolute Gasteiger partial charge is 0.367 e. The third-order valence-electron chi connectivity index (χ3n) is 2.33. The minimum Gasteiger partial charge on any atom is -0.450 e. The Labute approximate surface area is 101 Å². The molecule has 0 aliphatic carbocycles. The number of aromatic amines is 1. The van der Waals surface area contributed by atoms with Crippen LogP contribution < -0.4 is 0 Å². The maximum Gasteiger partial charge on any atom is 0.367 e. The molecule has 0 amide bonds. The monoisotopic (exact) mass is 315 g/mol. The fraction of sp³-hybridized carbons (Fsp3) is 0.182. The van der Waals surface area contributed by atoms with Gasteiger partial charge in [-0.15, -0.1) is 0 Å². The van der Waals surface area contributed by atoms with E-state index in [-0.39, 0.29) is 10.1 Å². The number of ether oxygens (including phenoxy) is 1. The van der Waals surface area contributed by atoms with E-state index >= 15 is 0 Å². The zero-order valence-electron chi connectivity index (χ0n) is 8.16. The van der Waals surface area contributed by atoms with Gasteiger partial charge in [-0.2, -0.15) is 0 Å². The highest BCUT2D eigenvalue weighted by Gasteiger charge is 2.13. The van der Waals surface area contributed by atoms with E-state index in [2.05, 4.69) is 4.98 Å². The van der Waals surface area contributed by atoms with Gasteiger partial charge in [0.2, 0.25) is 0 Å². The average Bonchev–Trinajstić information content (AvgIpc) is 2.59. The molecule has 0 aliphatic heterocycles. The predicted molar refractivity (Wildman–Crippen MR) is 67.2 cm³/mol. The lowest BCUT2D eigenvalue weighted by molar-refractivity contribution is 0.138. The molecule has 1 aromatic heterocycles. The number of halogens is 1. The van der Waals surface area contributed by atoms with Gasteiger partial charge >= 0.3 is 3.98 Å². The Kier molecular flexibility index (Phi) is 2.95. The van der Waals surface area contributed by atoms with Gasteiger partial charge in [0, 0.05) is 22.7 Å². The van der Waals surface area contributed by atoms with E-state index in [4.69, 9.17) is 4.74 Å². The van der Waals surface area contributed by atoms with Crippen LogP contribution in [0.1, 0.15) is 18.6 Å². The minimum absolute atomic E-state index is 0.217. The van der Waals surface area contributed by atoms with Gasteiger partial charge in [-0.05, 0) is 13.0 Å². The van der Waals surface area contributed by atoms with Gasteiger partial charge in [0.15, 0.2) is 0 Å². The van der Waals surface area contributed by atoms with Crippen LogP contribution in [0.2, 0.25) is 0 Å². The van der Waals surface area contributed by atoms with Crippen molar-refractivity contribution in [1.29, 1.82) is 0 Å². The summed E-state index contributed by atoms with van der Waals surface area (Å²) < 4.78 is 4.84. The Bertz CT molecular complexity index is 492. The van der Waals surface area contributed by atoms with Gasteiger partial charge in [-0.25, -0.2) is 4.79 Å². The van der Waals surface area contributed by atoms with Crippen LogP contribution in [-0.4, -0.2) is 8.96 Å². The zero-order chi connectivity index (χ0) is 10.8. The first-order valence-electron chi connectivity index (χ1n) is 4.60. The van der Waals surface area contributed by atoms with Gasteiger partial charge in [0.1, 0.15) is 6.10 Å². The topological polar surface area (TPSA) is 42.1 Å². The highest BCUT2D eigenvalue weighted by atomic mass is 127. The fourth-order valence-corrected chi connectivity index (χ4v) is 2.01. The second-order valence-electron chi connectivity index (χ2n) is 3.29. The molecule has 1 unspecified atom stereocenters. The van der Waals surface area contributed by atoms with Crippen molar-refractivity contribution in [2.24, 2.45) is 0 Å². The van der Waals surface area contributed by atoms with E-state index in [9.17, 15) is 4.79 Å². The molecule has 2 aromatic rings. The SMILES string of the molecule is CC(OC(=O)I)c1c[nH]c2ccccc12. The van der Waals surface area contributed by atoms with Crippen molar-refractivity contribution in [3.05, 3.63) is 36.0 Å². The number of aromatic nitrogens is 1. The van der Waals surface area contributed by atoms with Crippen LogP contribution in [-0.2, 0) is 4.74 Å². The Morgan fingerprint density at radius 2 is 2.20 bits per heavy atom. The van der Waals surface area contributed by atoms with Crippen molar-refractivity contribution in [3.63, 3.8) is 0 Å². The van der Waals surface area contributed by atoms with E-state index < -0.39 is 0 Å². The molecule has 1 atom stereocenters. The number of carbonyl (C=O) groups excluding carboxylic acids is 1. The predicted octanol–water partition coefficient (Wildman–Crippen LogP) is 3.80. The van der Waals surface area contributed by atoms with Crippen molar-refractivity contribution >= 4 is 37.5 Å². The standard InChI is InChI=1S/C11H10INO2/c1-7(15-11(12)14)9-6-13-10-5-3-2-4-8(9)10/h2-7,13H,1H3. The number of hydrogen-bond acceptors (Lipinski definition) is 2. The van der Waals surface area contributed by atoms with E-state index in [0.717, 1.165) is 16.5 Å². The van der Waals surface area contributed by atoms with E-state index in [1.165, 1.54) is 0 Å². The highest BCUT2D eigenvalue weighted by Crippen LogP contribution is 2.26. The van der Waals surface area contributed by atoms with Gasteiger partial charge in [0.05, 0.1) is 22.6 Å². The van der Waals surface area contributed by atoms with E-state index in [1.807, 2.05) is 37.4 Å². The van der Waals surface area contributed by atoms with Gasteiger partial charge in [-0.1, -0.05) is 18.2 Å². The number of para-hydroxylation sites is 1. The average molecular weight is 315 g/mol. The maximum absolute atomic E-state index is 10.8. The van der Waals surface area contributed by atoms with Gasteiger partial charge in [0.25, 0.3) is 0 Å². The Balaban J connectivity index is 2.39. The van der Waals surface area contributed by atoms with Crippen molar-refractivity contribution in [3.8, 4) is 0 Å². The van der Waals surface area contributed by atoms with E-state index in [1.54, 1.807) is 22.6 Å². The molecular formula is C11H10INO2. The molecule has 1 N–H and O–H groups in total. The Morgan fingerprint density at radius 3 is 2.93 bits per heavy atom. The molecule has 4 heteroatoms. The molecule has 2 rings (SSSR count). The molecule has 0 aliphatic rings. The number of hydrogen-bond donors (Lipinski definition) is 1. The summed E-state index contributed by atoms with van der Waals surface area (Å²) in [6.45, 7) is 1.87. The minimum atomic E-state index is -0.287. The third kappa shape index (κ3) is 2.14. The molecule has 1 aromatic carbocycles. The van der Waals surface area contributed by atoms with Crippen LogP contribution in [0, 0.1) is 0 Å². The zero-order valence-corrected chi connectivity index (χ0v) is 10.3. The first-order chi connectivity index (χ1) is 7.18. The fourth-order valence-electron chi connectivity index (χ4n) is 1.63. The normalized spacial score (nSPS) is 12.7. The van der Waals surface area contributed by atoms with Gasteiger partial charge < -0.3 is 9.72 Å². The van der Waals surface area contributed by atoms with Crippen molar-refractivity contribution in [2.45, 2.75) is 13.0 Å². The molecule has 1 heterocycles. The summed E-state index contributed by atoms with van der Waals surface area (Å²) in [5, 5.41) is 1.10. The maximum atomic E-state index is 10.8.